The van der Waals surface area contributed by atoms with Gasteiger partial charge in [-0.25, -0.2) is 0 Å². The summed E-state index contributed by atoms with van der Waals surface area (Å²) in [5, 5.41) is 11.0. The van der Waals surface area contributed by atoms with Crippen molar-refractivity contribution in [3.63, 3.8) is 0 Å². The van der Waals surface area contributed by atoms with Crippen LogP contribution in [0.1, 0.15) is 50.4 Å². The Kier molecular flexibility index (Phi) is 5.20. The lowest BCUT2D eigenvalue weighted by molar-refractivity contribution is 0.298. The first-order chi connectivity index (χ1) is 8.83. The zero-order valence-electron chi connectivity index (χ0n) is 11.7. The zero-order valence-corrected chi connectivity index (χ0v) is 11.7. The van der Waals surface area contributed by atoms with Crippen molar-refractivity contribution in [2.75, 3.05) is 26.2 Å². The Hall–Kier alpha value is -0.870. The molecule has 2 N–H and O–H groups in total. The summed E-state index contributed by atoms with van der Waals surface area (Å²) in [6, 6.07) is 2.22. The summed E-state index contributed by atoms with van der Waals surface area (Å²) < 4.78 is 0. The van der Waals surface area contributed by atoms with Crippen molar-refractivity contribution >= 4 is 0 Å². The van der Waals surface area contributed by atoms with Crippen molar-refractivity contribution in [3.8, 4) is 0 Å². The SMILES string of the molecule is CCN(CC)CCCNCc1cc(C2CC2)n[nH]1. The number of aromatic nitrogens is 2. The molecule has 0 amide bonds. The van der Waals surface area contributed by atoms with Gasteiger partial charge in [-0.1, -0.05) is 13.8 Å². The number of nitrogens with zero attached hydrogens (tertiary/aromatic N) is 2. The highest BCUT2D eigenvalue weighted by Crippen LogP contribution is 2.38. The molecule has 2 rings (SSSR count). The standard InChI is InChI=1S/C14H26N4/c1-3-18(4-2)9-5-8-15-11-13-10-14(17-16-13)12-6-7-12/h10,12,15H,3-9,11H2,1-2H3,(H,16,17). The molecule has 0 saturated heterocycles. The van der Waals surface area contributed by atoms with Crippen LogP contribution in [0.3, 0.4) is 0 Å². The zero-order chi connectivity index (χ0) is 12.8. The molecule has 0 atom stereocenters. The predicted octanol–water partition coefficient (Wildman–Crippen LogP) is 2.11. The molecule has 1 aliphatic carbocycles. The van der Waals surface area contributed by atoms with E-state index >= 15 is 0 Å². The molecule has 18 heavy (non-hydrogen) atoms. The van der Waals surface area contributed by atoms with Crippen molar-refractivity contribution in [1.82, 2.24) is 20.4 Å². The molecule has 4 heteroatoms. The van der Waals surface area contributed by atoms with E-state index in [2.05, 4.69) is 40.3 Å². The summed E-state index contributed by atoms with van der Waals surface area (Å²) in [5.41, 5.74) is 2.48. The van der Waals surface area contributed by atoms with Gasteiger partial charge in [0.05, 0.1) is 5.69 Å². The van der Waals surface area contributed by atoms with Crippen LogP contribution in [0.4, 0.5) is 0 Å². The Morgan fingerprint density at radius 3 is 2.83 bits per heavy atom. The average Bonchev–Trinajstić information content (AvgIpc) is 3.14. The molecule has 1 aromatic rings. The number of aromatic amines is 1. The fourth-order valence-corrected chi connectivity index (χ4v) is 2.25. The number of rotatable bonds is 9. The Bertz CT molecular complexity index is 339. The Balaban J connectivity index is 1.57. The van der Waals surface area contributed by atoms with Gasteiger partial charge in [0.25, 0.3) is 0 Å². The van der Waals surface area contributed by atoms with E-state index in [1.807, 2.05) is 0 Å². The van der Waals surface area contributed by atoms with Crippen molar-refractivity contribution in [1.29, 1.82) is 0 Å². The minimum atomic E-state index is 0.748. The molecular formula is C14H26N4. The Labute approximate surface area is 110 Å². The van der Waals surface area contributed by atoms with Gasteiger partial charge in [0.15, 0.2) is 0 Å². The first-order valence-electron chi connectivity index (χ1n) is 7.30. The van der Waals surface area contributed by atoms with Crippen molar-refractivity contribution in [2.24, 2.45) is 0 Å². The molecule has 0 bridgehead atoms. The minimum Gasteiger partial charge on any atom is -0.311 e. The van der Waals surface area contributed by atoms with Crippen molar-refractivity contribution in [3.05, 3.63) is 17.5 Å². The molecule has 0 radical (unpaired) electrons. The summed E-state index contributed by atoms with van der Waals surface area (Å²) in [7, 11) is 0. The maximum atomic E-state index is 4.36. The van der Waals surface area contributed by atoms with Crippen LogP contribution in [0.25, 0.3) is 0 Å². The van der Waals surface area contributed by atoms with Crippen LogP contribution >= 0.6 is 0 Å². The van der Waals surface area contributed by atoms with Gasteiger partial charge in [-0.15, -0.1) is 0 Å². The average molecular weight is 250 g/mol. The quantitative estimate of drug-likeness (QED) is 0.660. The van der Waals surface area contributed by atoms with E-state index in [1.165, 1.54) is 37.2 Å². The maximum absolute atomic E-state index is 4.36. The smallest absolute Gasteiger partial charge is 0.0656 e. The van der Waals surface area contributed by atoms with Crippen LogP contribution in [0, 0.1) is 0 Å². The summed E-state index contributed by atoms with van der Waals surface area (Å²) >= 11 is 0. The van der Waals surface area contributed by atoms with Gasteiger partial charge in [0.2, 0.25) is 0 Å². The van der Waals surface area contributed by atoms with Crippen LogP contribution in [0.2, 0.25) is 0 Å². The second-order valence-electron chi connectivity index (χ2n) is 5.15. The van der Waals surface area contributed by atoms with Crippen LogP contribution in [0.5, 0.6) is 0 Å². The largest absolute Gasteiger partial charge is 0.311 e. The minimum absolute atomic E-state index is 0.748. The Morgan fingerprint density at radius 2 is 2.17 bits per heavy atom. The van der Waals surface area contributed by atoms with Crippen LogP contribution in [-0.2, 0) is 6.54 Å². The molecule has 1 heterocycles. The lowest BCUT2D eigenvalue weighted by Crippen LogP contribution is -2.27. The van der Waals surface area contributed by atoms with E-state index in [9.17, 15) is 0 Å². The molecule has 1 aliphatic rings. The summed E-state index contributed by atoms with van der Waals surface area (Å²) in [5.74, 6) is 0.748. The lowest BCUT2D eigenvalue weighted by atomic mass is 10.2. The van der Waals surface area contributed by atoms with Gasteiger partial charge in [-0.05, 0) is 51.5 Å². The number of hydrogen-bond acceptors (Lipinski definition) is 3. The molecule has 0 aliphatic heterocycles. The lowest BCUT2D eigenvalue weighted by Gasteiger charge is -2.17. The van der Waals surface area contributed by atoms with E-state index < -0.39 is 0 Å². The van der Waals surface area contributed by atoms with E-state index in [1.54, 1.807) is 0 Å². The molecule has 4 nitrogen and oxygen atoms in total. The molecule has 0 aromatic carbocycles. The first-order valence-corrected chi connectivity index (χ1v) is 7.30. The molecule has 0 spiro atoms. The molecule has 1 aromatic heterocycles. The van der Waals surface area contributed by atoms with Crippen molar-refractivity contribution < 1.29 is 0 Å². The van der Waals surface area contributed by atoms with E-state index in [0.717, 1.165) is 32.1 Å². The molecule has 0 unspecified atom stereocenters. The monoisotopic (exact) mass is 250 g/mol. The van der Waals surface area contributed by atoms with Crippen LogP contribution in [-0.4, -0.2) is 41.3 Å². The van der Waals surface area contributed by atoms with Gasteiger partial charge in [-0.3, -0.25) is 5.10 Å². The summed E-state index contributed by atoms with van der Waals surface area (Å²) in [6.07, 6.45) is 3.86. The highest BCUT2D eigenvalue weighted by molar-refractivity contribution is 5.17. The summed E-state index contributed by atoms with van der Waals surface area (Å²) in [6.45, 7) is 9.94. The third-order valence-electron chi connectivity index (χ3n) is 3.68. The van der Waals surface area contributed by atoms with E-state index in [-0.39, 0.29) is 0 Å². The first kappa shape index (κ1) is 13.6. The van der Waals surface area contributed by atoms with Crippen LogP contribution in [0.15, 0.2) is 6.07 Å². The van der Waals surface area contributed by atoms with Crippen LogP contribution < -0.4 is 5.32 Å². The molecule has 1 fully saturated rings. The number of hydrogen-bond donors (Lipinski definition) is 2. The Morgan fingerprint density at radius 1 is 1.39 bits per heavy atom. The fourth-order valence-electron chi connectivity index (χ4n) is 2.25. The number of H-pyrrole nitrogens is 1. The van der Waals surface area contributed by atoms with Crippen molar-refractivity contribution in [2.45, 2.75) is 45.6 Å². The third kappa shape index (κ3) is 4.10. The van der Waals surface area contributed by atoms with E-state index in [0.29, 0.717) is 0 Å². The number of nitrogens with one attached hydrogen (secondary N) is 2. The van der Waals surface area contributed by atoms with Gasteiger partial charge in [0, 0.05) is 18.2 Å². The normalized spacial score (nSPS) is 15.5. The molecular weight excluding hydrogens is 224 g/mol. The highest BCUT2D eigenvalue weighted by Gasteiger charge is 2.25. The van der Waals surface area contributed by atoms with Gasteiger partial charge in [-0.2, -0.15) is 5.10 Å². The second-order valence-corrected chi connectivity index (χ2v) is 5.15. The van der Waals surface area contributed by atoms with Gasteiger partial charge < -0.3 is 10.2 Å². The van der Waals surface area contributed by atoms with Gasteiger partial charge >= 0.3 is 0 Å². The van der Waals surface area contributed by atoms with E-state index in [4.69, 9.17) is 0 Å². The topological polar surface area (TPSA) is 44.0 Å². The molecule has 102 valence electrons. The predicted molar refractivity (Wildman–Crippen MR) is 74.7 cm³/mol. The van der Waals surface area contributed by atoms with Gasteiger partial charge in [0.1, 0.15) is 0 Å². The second kappa shape index (κ2) is 6.90. The molecule has 1 saturated carbocycles. The fraction of sp³-hybridized carbons (Fsp3) is 0.786. The maximum Gasteiger partial charge on any atom is 0.0656 e. The summed E-state index contributed by atoms with van der Waals surface area (Å²) in [4.78, 5) is 2.46. The highest BCUT2D eigenvalue weighted by atomic mass is 15.1. The third-order valence-corrected chi connectivity index (χ3v) is 3.68.